The van der Waals surface area contributed by atoms with Crippen molar-refractivity contribution in [1.82, 2.24) is 4.90 Å². The van der Waals surface area contributed by atoms with Crippen LogP contribution in [-0.4, -0.2) is 11.9 Å². The van der Waals surface area contributed by atoms with Gasteiger partial charge in [0.1, 0.15) is 0 Å². The SMILES string of the molecule is C=CC1=CN(C)C(C(=C)C)=C(C=C)C1=C. The van der Waals surface area contributed by atoms with Gasteiger partial charge in [-0.15, -0.1) is 0 Å². The van der Waals surface area contributed by atoms with E-state index in [1.54, 1.807) is 6.08 Å². The normalized spacial score (nSPS) is 16.3. The minimum absolute atomic E-state index is 0.955. The first kappa shape index (κ1) is 11.3. The molecule has 0 spiro atoms. The molecule has 0 aliphatic carbocycles. The van der Waals surface area contributed by atoms with Crippen molar-refractivity contribution in [3.63, 3.8) is 0 Å². The van der Waals surface area contributed by atoms with Gasteiger partial charge in [0.15, 0.2) is 0 Å². The molecule has 0 saturated carbocycles. The Labute approximate surface area is 92.1 Å². The maximum atomic E-state index is 4.05. The summed E-state index contributed by atoms with van der Waals surface area (Å²) in [6.45, 7) is 17.6. The summed E-state index contributed by atoms with van der Waals surface area (Å²) in [7, 11) is 1.99. The molecule has 1 aliphatic heterocycles. The second-order valence-corrected chi connectivity index (χ2v) is 3.62. The fraction of sp³-hybridized carbons (Fsp3) is 0.143. The Balaban J connectivity index is 3.35. The van der Waals surface area contributed by atoms with E-state index in [1.807, 2.05) is 31.1 Å². The third kappa shape index (κ3) is 1.86. The molecule has 0 fully saturated rings. The molecule has 0 saturated heterocycles. The molecule has 0 radical (unpaired) electrons. The quantitative estimate of drug-likeness (QED) is 0.671. The van der Waals surface area contributed by atoms with Gasteiger partial charge in [-0.2, -0.15) is 0 Å². The Morgan fingerprint density at radius 3 is 2.33 bits per heavy atom. The van der Waals surface area contributed by atoms with Crippen molar-refractivity contribution in [2.45, 2.75) is 6.92 Å². The van der Waals surface area contributed by atoms with Gasteiger partial charge in [-0.1, -0.05) is 38.5 Å². The molecule has 1 heterocycles. The summed E-state index contributed by atoms with van der Waals surface area (Å²) in [5, 5.41) is 0. The lowest BCUT2D eigenvalue weighted by Gasteiger charge is -2.29. The highest BCUT2D eigenvalue weighted by atomic mass is 15.1. The fourth-order valence-electron chi connectivity index (χ4n) is 1.77. The Kier molecular flexibility index (Phi) is 3.15. The summed E-state index contributed by atoms with van der Waals surface area (Å²) in [6, 6.07) is 0. The molecule has 1 heteroatoms. The van der Waals surface area contributed by atoms with Crippen molar-refractivity contribution in [3.05, 3.63) is 72.7 Å². The van der Waals surface area contributed by atoms with Gasteiger partial charge in [-0.3, -0.25) is 0 Å². The van der Waals surface area contributed by atoms with E-state index in [-0.39, 0.29) is 0 Å². The average Bonchev–Trinajstić information content (AvgIpc) is 2.19. The van der Waals surface area contributed by atoms with Gasteiger partial charge in [0.25, 0.3) is 0 Å². The van der Waals surface area contributed by atoms with E-state index in [9.17, 15) is 0 Å². The number of likely N-dealkylation sites (N-methyl/N-ethyl adjacent to an activating group) is 1. The molecule has 0 unspecified atom stereocenters. The smallest absolute Gasteiger partial charge is 0.0506 e. The van der Waals surface area contributed by atoms with Gasteiger partial charge in [0, 0.05) is 18.8 Å². The zero-order valence-corrected chi connectivity index (χ0v) is 9.51. The molecule has 0 aromatic heterocycles. The second-order valence-electron chi connectivity index (χ2n) is 3.62. The lowest BCUT2D eigenvalue weighted by atomic mass is 9.92. The topological polar surface area (TPSA) is 3.24 Å². The van der Waals surface area contributed by atoms with Gasteiger partial charge >= 0.3 is 0 Å². The molecular formula is C14H17N. The van der Waals surface area contributed by atoms with Crippen molar-refractivity contribution >= 4 is 0 Å². The van der Waals surface area contributed by atoms with E-state index in [0.29, 0.717) is 0 Å². The Morgan fingerprint density at radius 2 is 1.93 bits per heavy atom. The van der Waals surface area contributed by atoms with E-state index in [4.69, 9.17) is 0 Å². The summed E-state index contributed by atoms with van der Waals surface area (Å²) in [5.41, 5.74) is 5.09. The highest BCUT2D eigenvalue weighted by molar-refractivity contribution is 5.60. The van der Waals surface area contributed by atoms with E-state index >= 15 is 0 Å². The molecule has 0 aromatic rings. The zero-order valence-electron chi connectivity index (χ0n) is 9.51. The van der Waals surface area contributed by atoms with Gasteiger partial charge in [-0.05, 0) is 23.6 Å². The minimum Gasteiger partial charge on any atom is -0.350 e. The maximum absolute atomic E-state index is 4.05. The van der Waals surface area contributed by atoms with E-state index in [0.717, 1.165) is 28.0 Å². The standard InChI is InChI=1S/C14H17N/c1-7-12-9-15(6)14(10(3)4)13(8-2)11(12)5/h7-9H,1-3,5H2,4,6H3. The van der Waals surface area contributed by atoms with Crippen LogP contribution < -0.4 is 0 Å². The number of rotatable bonds is 3. The van der Waals surface area contributed by atoms with Crippen LogP contribution in [0.5, 0.6) is 0 Å². The highest BCUT2D eigenvalue weighted by Gasteiger charge is 2.18. The lowest BCUT2D eigenvalue weighted by Crippen LogP contribution is -2.19. The molecule has 0 amide bonds. The van der Waals surface area contributed by atoms with Crippen molar-refractivity contribution in [2.75, 3.05) is 7.05 Å². The Morgan fingerprint density at radius 1 is 1.33 bits per heavy atom. The van der Waals surface area contributed by atoms with Crippen LogP contribution in [0.2, 0.25) is 0 Å². The molecule has 0 N–H and O–H groups in total. The van der Waals surface area contributed by atoms with E-state index in [2.05, 4.69) is 26.3 Å². The van der Waals surface area contributed by atoms with Crippen molar-refractivity contribution in [2.24, 2.45) is 0 Å². The van der Waals surface area contributed by atoms with E-state index in [1.165, 1.54) is 0 Å². The van der Waals surface area contributed by atoms with Crippen LogP contribution >= 0.6 is 0 Å². The van der Waals surface area contributed by atoms with Gasteiger partial charge in [0.05, 0.1) is 5.70 Å². The van der Waals surface area contributed by atoms with Crippen LogP contribution in [0.3, 0.4) is 0 Å². The summed E-state index contributed by atoms with van der Waals surface area (Å²) >= 11 is 0. The van der Waals surface area contributed by atoms with E-state index < -0.39 is 0 Å². The fourth-order valence-corrected chi connectivity index (χ4v) is 1.77. The van der Waals surface area contributed by atoms with Gasteiger partial charge < -0.3 is 4.90 Å². The number of hydrogen-bond donors (Lipinski definition) is 0. The third-order valence-electron chi connectivity index (χ3n) is 2.44. The van der Waals surface area contributed by atoms with Gasteiger partial charge in [-0.25, -0.2) is 0 Å². The molecule has 0 aromatic carbocycles. The predicted octanol–water partition coefficient (Wildman–Crippen LogP) is 3.57. The van der Waals surface area contributed by atoms with Crippen molar-refractivity contribution in [3.8, 4) is 0 Å². The molecule has 1 rings (SSSR count). The van der Waals surface area contributed by atoms with Crippen LogP contribution in [-0.2, 0) is 0 Å². The van der Waals surface area contributed by atoms with Crippen LogP contribution in [0.25, 0.3) is 0 Å². The summed E-state index contributed by atoms with van der Waals surface area (Å²) in [4.78, 5) is 2.03. The molecule has 0 bridgehead atoms. The first-order valence-corrected chi connectivity index (χ1v) is 4.82. The Hall–Kier alpha value is -1.76. The van der Waals surface area contributed by atoms with Crippen molar-refractivity contribution < 1.29 is 0 Å². The minimum atomic E-state index is 0.955. The maximum Gasteiger partial charge on any atom is 0.0506 e. The molecule has 1 aliphatic rings. The molecule has 15 heavy (non-hydrogen) atoms. The van der Waals surface area contributed by atoms with Gasteiger partial charge in [0.2, 0.25) is 0 Å². The van der Waals surface area contributed by atoms with Crippen LogP contribution in [0.15, 0.2) is 72.7 Å². The molecule has 1 nitrogen and oxygen atoms in total. The van der Waals surface area contributed by atoms with Crippen LogP contribution in [0.1, 0.15) is 6.92 Å². The number of allylic oxidation sites excluding steroid dienone is 6. The highest BCUT2D eigenvalue weighted by Crippen LogP contribution is 2.32. The first-order valence-electron chi connectivity index (χ1n) is 4.82. The summed E-state index contributed by atoms with van der Waals surface area (Å²) in [6.07, 6.45) is 5.63. The van der Waals surface area contributed by atoms with Crippen LogP contribution in [0, 0.1) is 0 Å². The van der Waals surface area contributed by atoms with Crippen LogP contribution in [0.4, 0.5) is 0 Å². The number of hydrogen-bond acceptors (Lipinski definition) is 1. The number of nitrogens with zero attached hydrogens (tertiary/aromatic N) is 1. The second kappa shape index (κ2) is 4.18. The molecule has 0 atom stereocenters. The summed E-state index contributed by atoms with van der Waals surface area (Å²) < 4.78 is 0. The Bertz CT molecular complexity index is 405. The lowest BCUT2D eigenvalue weighted by molar-refractivity contribution is 0.564. The predicted molar refractivity (Wildman–Crippen MR) is 67.2 cm³/mol. The van der Waals surface area contributed by atoms with Crippen molar-refractivity contribution in [1.29, 1.82) is 0 Å². The zero-order chi connectivity index (χ0) is 11.6. The molecular weight excluding hydrogens is 182 g/mol. The monoisotopic (exact) mass is 199 g/mol. The summed E-state index contributed by atoms with van der Waals surface area (Å²) in [5.74, 6) is 0. The molecule has 78 valence electrons. The largest absolute Gasteiger partial charge is 0.350 e. The third-order valence-corrected chi connectivity index (χ3v) is 2.44. The average molecular weight is 199 g/mol. The first-order chi connectivity index (χ1) is 7.02.